The van der Waals surface area contributed by atoms with Crippen molar-refractivity contribution >= 4 is 11.6 Å². The van der Waals surface area contributed by atoms with Gasteiger partial charge in [0.25, 0.3) is 0 Å². The highest BCUT2D eigenvalue weighted by Crippen LogP contribution is 2.26. The van der Waals surface area contributed by atoms with Gasteiger partial charge < -0.3 is 15.5 Å². The SMILES string of the molecule is CCC(C)[C@H](N)C(=O)N1CCC(N(CCC(C)C)c2ccc(CCc3ccc(F)cc3)cc2)CC1. The first-order valence-corrected chi connectivity index (χ1v) is 13.4. The summed E-state index contributed by atoms with van der Waals surface area (Å²) in [5.74, 6) is 0.775. The van der Waals surface area contributed by atoms with Gasteiger partial charge in [-0.1, -0.05) is 58.4 Å². The molecule has 2 atom stereocenters. The Morgan fingerprint density at radius 1 is 1.00 bits per heavy atom. The molecule has 2 aromatic carbocycles. The van der Waals surface area contributed by atoms with Crippen molar-refractivity contribution in [2.45, 2.75) is 78.3 Å². The highest BCUT2D eigenvalue weighted by molar-refractivity contribution is 5.82. The number of amides is 1. The van der Waals surface area contributed by atoms with Crippen LogP contribution in [0.4, 0.5) is 10.1 Å². The molecule has 5 heteroatoms. The van der Waals surface area contributed by atoms with E-state index in [1.807, 2.05) is 17.0 Å². The van der Waals surface area contributed by atoms with Gasteiger partial charge in [0, 0.05) is 31.4 Å². The van der Waals surface area contributed by atoms with Crippen LogP contribution in [-0.4, -0.2) is 42.5 Å². The number of anilines is 1. The fourth-order valence-electron chi connectivity index (χ4n) is 4.82. The van der Waals surface area contributed by atoms with Gasteiger partial charge >= 0.3 is 0 Å². The summed E-state index contributed by atoms with van der Waals surface area (Å²) >= 11 is 0. The molecule has 2 N–H and O–H groups in total. The van der Waals surface area contributed by atoms with Gasteiger partial charge in [0.1, 0.15) is 5.82 Å². The van der Waals surface area contributed by atoms with E-state index in [1.165, 1.54) is 23.4 Å². The number of piperidine rings is 1. The minimum absolute atomic E-state index is 0.108. The second kappa shape index (κ2) is 13.1. The van der Waals surface area contributed by atoms with Crippen LogP contribution in [-0.2, 0) is 17.6 Å². The standard InChI is InChI=1S/C30H44FN3O/c1-5-23(4)29(32)30(35)33-19-17-28(18-20-33)34(21-16-22(2)3)27-14-10-25(11-15-27)7-6-24-8-12-26(31)13-9-24/h8-15,22-23,28-29H,5-7,16-21,32H2,1-4H3/t23?,29-/m0/s1. The van der Waals surface area contributed by atoms with Crippen molar-refractivity contribution in [1.29, 1.82) is 0 Å². The summed E-state index contributed by atoms with van der Waals surface area (Å²) < 4.78 is 13.1. The molecule has 3 rings (SSSR count). The molecule has 0 bridgehead atoms. The molecule has 0 spiro atoms. The Bertz CT molecular complexity index is 904. The number of benzene rings is 2. The highest BCUT2D eigenvalue weighted by atomic mass is 19.1. The van der Waals surface area contributed by atoms with E-state index < -0.39 is 6.04 Å². The molecule has 35 heavy (non-hydrogen) atoms. The van der Waals surface area contributed by atoms with E-state index in [2.05, 4.69) is 56.9 Å². The van der Waals surface area contributed by atoms with Crippen LogP contribution < -0.4 is 10.6 Å². The number of likely N-dealkylation sites (tertiary alicyclic amines) is 1. The summed E-state index contributed by atoms with van der Waals surface area (Å²) in [6.45, 7) is 11.3. The lowest BCUT2D eigenvalue weighted by atomic mass is 9.96. The monoisotopic (exact) mass is 481 g/mol. The quantitative estimate of drug-likeness (QED) is 0.439. The molecule has 1 amide bonds. The van der Waals surface area contributed by atoms with Crippen molar-refractivity contribution in [2.75, 3.05) is 24.5 Å². The lowest BCUT2D eigenvalue weighted by molar-refractivity contribution is -0.134. The van der Waals surface area contributed by atoms with Crippen molar-refractivity contribution in [1.82, 2.24) is 4.90 Å². The van der Waals surface area contributed by atoms with E-state index in [4.69, 9.17) is 5.73 Å². The molecule has 1 unspecified atom stereocenters. The Morgan fingerprint density at radius 3 is 2.06 bits per heavy atom. The third kappa shape index (κ3) is 7.79. The molecule has 192 valence electrons. The lowest BCUT2D eigenvalue weighted by Gasteiger charge is -2.41. The van der Waals surface area contributed by atoms with Crippen LogP contribution >= 0.6 is 0 Å². The van der Waals surface area contributed by atoms with Crippen LogP contribution in [0.15, 0.2) is 48.5 Å². The second-order valence-corrected chi connectivity index (χ2v) is 10.6. The fraction of sp³-hybridized carbons (Fsp3) is 0.567. The molecule has 1 aliphatic rings. The number of aryl methyl sites for hydroxylation is 2. The van der Waals surface area contributed by atoms with E-state index in [0.717, 1.165) is 63.7 Å². The third-order valence-electron chi connectivity index (χ3n) is 7.59. The molecule has 0 aliphatic carbocycles. The normalized spacial score (nSPS) is 16.4. The molecule has 0 saturated carbocycles. The van der Waals surface area contributed by atoms with Crippen molar-refractivity contribution in [3.63, 3.8) is 0 Å². The topological polar surface area (TPSA) is 49.6 Å². The maximum Gasteiger partial charge on any atom is 0.239 e. The summed E-state index contributed by atoms with van der Waals surface area (Å²) in [6, 6.07) is 15.8. The van der Waals surface area contributed by atoms with Gasteiger partial charge in [0.15, 0.2) is 0 Å². The smallest absolute Gasteiger partial charge is 0.239 e. The predicted molar refractivity (Wildman–Crippen MR) is 144 cm³/mol. The molecule has 1 fully saturated rings. The van der Waals surface area contributed by atoms with Gasteiger partial charge in [-0.25, -0.2) is 4.39 Å². The number of carbonyl (C=O) groups excluding carboxylic acids is 1. The number of hydrogen-bond acceptors (Lipinski definition) is 3. The highest BCUT2D eigenvalue weighted by Gasteiger charge is 2.30. The fourth-order valence-corrected chi connectivity index (χ4v) is 4.82. The zero-order valence-electron chi connectivity index (χ0n) is 22.1. The van der Waals surface area contributed by atoms with E-state index in [-0.39, 0.29) is 17.6 Å². The summed E-state index contributed by atoms with van der Waals surface area (Å²) in [7, 11) is 0. The first-order valence-electron chi connectivity index (χ1n) is 13.4. The van der Waals surface area contributed by atoms with Gasteiger partial charge in [0.2, 0.25) is 5.91 Å². The lowest BCUT2D eigenvalue weighted by Crippen LogP contribution is -2.52. The van der Waals surface area contributed by atoms with Crippen LogP contribution in [0.1, 0.15) is 64.5 Å². The Morgan fingerprint density at radius 2 is 1.54 bits per heavy atom. The molecule has 1 heterocycles. The summed E-state index contributed by atoms with van der Waals surface area (Å²) in [6.07, 6.45) is 5.86. The van der Waals surface area contributed by atoms with Gasteiger partial charge in [-0.05, 0) is 79.3 Å². The zero-order chi connectivity index (χ0) is 25.4. The molecule has 0 radical (unpaired) electrons. The third-order valence-corrected chi connectivity index (χ3v) is 7.59. The maximum atomic E-state index is 13.1. The van der Waals surface area contributed by atoms with Crippen LogP contribution in [0.25, 0.3) is 0 Å². The predicted octanol–water partition coefficient (Wildman–Crippen LogP) is 5.83. The number of rotatable bonds is 11. The molecule has 2 aromatic rings. The van der Waals surface area contributed by atoms with E-state index in [1.54, 1.807) is 0 Å². The van der Waals surface area contributed by atoms with E-state index in [0.29, 0.717) is 12.0 Å². The van der Waals surface area contributed by atoms with Crippen molar-refractivity contribution in [2.24, 2.45) is 17.6 Å². The second-order valence-electron chi connectivity index (χ2n) is 10.6. The summed E-state index contributed by atoms with van der Waals surface area (Å²) in [4.78, 5) is 17.4. The van der Waals surface area contributed by atoms with Crippen LogP contribution in [0, 0.1) is 17.7 Å². The van der Waals surface area contributed by atoms with Gasteiger partial charge in [0.05, 0.1) is 6.04 Å². The van der Waals surface area contributed by atoms with Gasteiger partial charge in [-0.3, -0.25) is 4.79 Å². The Kier molecular flexibility index (Phi) is 10.1. The van der Waals surface area contributed by atoms with Gasteiger partial charge in [-0.15, -0.1) is 0 Å². The Hall–Kier alpha value is -2.40. The Labute approximate surface area is 211 Å². The minimum atomic E-state index is -0.393. The first-order chi connectivity index (χ1) is 16.8. The largest absolute Gasteiger partial charge is 0.368 e. The number of nitrogens with zero attached hydrogens (tertiary/aromatic N) is 2. The molecular weight excluding hydrogens is 437 g/mol. The van der Waals surface area contributed by atoms with E-state index >= 15 is 0 Å². The molecule has 1 aliphatic heterocycles. The summed E-state index contributed by atoms with van der Waals surface area (Å²) in [5.41, 5.74) is 9.94. The first kappa shape index (κ1) is 27.2. The van der Waals surface area contributed by atoms with Crippen LogP contribution in [0.3, 0.4) is 0 Å². The number of nitrogens with two attached hydrogens (primary N) is 1. The van der Waals surface area contributed by atoms with E-state index in [9.17, 15) is 9.18 Å². The molecule has 0 aromatic heterocycles. The average Bonchev–Trinajstić information content (AvgIpc) is 2.88. The minimum Gasteiger partial charge on any atom is -0.368 e. The average molecular weight is 482 g/mol. The van der Waals surface area contributed by atoms with Gasteiger partial charge in [-0.2, -0.15) is 0 Å². The van der Waals surface area contributed by atoms with Crippen LogP contribution in [0.2, 0.25) is 0 Å². The number of halogens is 1. The van der Waals surface area contributed by atoms with Crippen molar-refractivity contribution < 1.29 is 9.18 Å². The molecule has 4 nitrogen and oxygen atoms in total. The Balaban J connectivity index is 1.62. The summed E-state index contributed by atoms with van der Waals surface area (Å²) in [5, 5.41) is 0. The molecule has 1 saturated heterocycles. The van der Waals surface area contributed by atoms with Crippen LogP contribution in [0.5, 0.6) is 0 Å². The number of carbonyl (C=O) groups is 1. The maximum absolute atomic E-state index is 13.1. The van der Waals surface area contributed by atoms with Crippen molar-refractivity contribution in [3.8, 4) is 0 Å². The zero-order valence-corrected chi connectivity index (χ0v) is 22.1. The molecular formula is C30H44FN3O. The van der Waals surface area contributed by atoms with Crippen molar-refractivity contribution in [3.05, 3.63) is 65.5 Å². The number of hydrogen-bond donors (Lipinski definition) is 1.